The van der Waals surface area contributed by atoms with Crippen LogP contribution in [0.15, 0.2) is 23.1 Å². The Morgan fingerprint density at radius 3 is 2.46 bits per heavy atom. The average Bonchev–Trinajstić information content (AvgIpc) is 2.82. The minimum atomic E-state index is -0.426. The largest absolute Gasteiger partial charge is 0.495 e. The summed E-state index contributed by atoms with van der Waals surface area (Å²) in [5.74, 6) is 0. The third-order valence-electron chi connectivity index (χ3n) is 5.63. The first-order chi connectivity index (χ1) is 12.2. The van der Waals surface area contributed by atoms with Gasteiger partial charge in [-0.15, -0.1) is 0 Å². The molecule has 2 saturated heterocycles. The highest BCUT2D eigenvalue weighted by Gasteiger charge is 2.52. The minimum absolute atomic E-state index is 0.140. The number of rotatable bonds is 5. The molecule has 2 heterocycles. The van der Waals surface area contributed by atoms with Crippen molar-refractivity contribution in [1.29, 1.82) is 0 Å². The van der Waals surface area contributed by atoms with E-state index in [1.165, 1.54) is 11.9 Å². The highest BCUT2D eigenvalue weighted by atomic mass is 32.2. The molecule has 2 fully saturated rings. The molecular formula is C19H30BNO4S. The Morgan fingerprint density at radius 1 is 1.19 bits per heavy atom. The Bertz CT molecular complexity index is 618. The third kappa shape index (κ3) is 4.13. The molecule has 2 aliphatic heterocycles. The second kappa shape index (κ2) is 7.82. The molecule has 2 aliphatic rings. The second-order valence-corrected chi connectivity index (χ2v) is 8.78. The van der Waals surface area contributed by atoms with Crippen molar-refractivity contribution < 1.29 is 18.8 Å². The first kappa shape index (κ1) is 20.2. The van der Waals surface area contributed by atoms with Gasteiger partial charge in [0.15, 0.2) is 6.29 Å². The van der Waals surface area contributed by atoms with E-state index in [0.717, 1.165) is 41.8 Å². The molecule has 144 valence electrons. The fourth-order valence-electron chi connectivity index (χ4n) is 3.28. The Labute approximate surface area is 161 Å². The lowest BCUT2D eigenvalue weighted by atomic mass is 9.75. The van der Waals surface area contributed by atoms with Gasteiger partial charge in [0.25, 0.3) is 0 Å². The number of ether oxygens (including phenoxy) is 2. The van der Waals surface area contributed by atoms with E-state index in [1.807, 2.05) is 19.1 Å². The number of nitrogens with two attached hydrogens (primary N) is 1. The molecule has 5 nitrogen and oxygen atoms in total. The van der Waals surface area contributed by atoms with Crippen LogP contribution in [0.3, 0.4) is 0 Å². The van der Waals surface area contributed by atoms with E-state index >= 15 is 0 Å². The summed E-state index contributed by atoms with van der Waals surface area (Å²) in [7, 11) is -0.426. The van der Waals surface area contributed by atoms with Gasteiger partial charge in [0.1, 0.15) is 0 Å². The molecule has 0 aromatic heterocycles. The van der Waals surface area contributed by atoms with Crippen molar-refractivity contribution in [3.63, 3.8) is 0 Å². The van der Waals surface area contributed by atoms with E-state index in [0.29, 0.717) is 0 Å². The standard InChI is InChI=1S/C19H30BNO4S/c1-13(23-17-8-6-7-11-22-17)15-12-14(26-21)9-10-16(15)20-24-18(2,3)19(4,5)25-20/h9-10,12-13,17H,6-8,11,21H2,1-5H3. The summed E-state index contributed by atoms with van der Waals surface area (Å²) in [6, 6.07) is 6.10. The number of hydrogen-bond acceptors (Lipinski definition) is 6. The van der Waals surface area contributed by atoms with Gasteiger partial charge >= 0.3 is 7.12 Å². The van der Waals surface area contributed by atoms with Crippen molar-refractivity contribution in [2.75, 3.05) is 6.61 Å². The van der Waals surface area contributed by atoms with Gasteiger partial charge in [-0.25, -0.2) is 0 Å². The highest BCUT2D eigenvalue weighted by molar-refractivity contribution is 7.97. The van der Waals surface area contributed by atoms with Gasteiger partial charge in [0.05, 0.1) is 17.3 Å². The first-order valence-electron chi connectivity index (χ1n) is 9.37. The van der Waals surface area contributed by atoms with Crippen LogP contribution in [0.5, 0.6) is 0 Å². The maximum atomic E-state index is 6.26. The molecule has 2 unspecified atom stereocenters. The van der Waals surface area contributed by atoms with Crippen molar-refractivity contribution in [2.45, 2.75) is 82.4 Å². The predicted octanol–water partition coefficient (Wildman–Crippen LogP) is 3.56. The Hall–Kier alpha value is -0.565. The predicted molar refractivity (Wildman–Crippen MR) is 105 cm³/mol. The molecule has 0 amide bonds. The van der Waals surface area contributed by atoms with Crippen molar-refractivity contribution in [1.82, 2.24) is 0 Å². The van der Waals surface area contributed by atoms with Crippen molar-refractivity contribution >= 4 is 24.5 Å². The van der Waals surface area contributed by atoms with Crippen LogP contribution in [-0.4, -0.2) is 31.2 Å². The maximum Gasteiger partial charge on any atom is 0.495 e. The molecule has 2 atom stereocenters. The zero-order valence-electron chi connectivity index (χ0n) is 16.4. The zero-order valence-corrected chi connectivity index (χ0v) is 17.2. The lowest BCUT2D eigenvalue weighted by Gasteiger charge is -2.32. The normalized spacial score (nSPS) is 26.1. The van der Waals surface area contributed by atoms with E-state index in [9.17, 15) is 0 Å². The third-order valence-corrected chi connectivity index (χ3v) is 6.16. The smallest absolute Gasteiger partial charge is 0.399 e. The summed E-state index contributed by atoms with van der Waals surface area (Å²) in [5, 5.41) is 5.78. The van der Waals surface area contributed by atoms with Crippen LogP contribution in [0, 0.1) is 0 Å². The van der Waals surface area contributed by atoms with Crippen LogP contribution in [0.1, 0.15) is 65.5 Å². The van der Waals surface area contributed by atoms with Gasteiger partial charge in [-0.05, 0) is 89.0 Å². The van der Waals surface area contributed by atoms with Gasteiger partial charge in [0, 0.05) is 11.5 Å². The fourth-order valence-corrected chi connectivity index (χ4v) is 3.62. The molecule has 0 saturated carbocycles. The minimum Gasteiger partial charge on any atom is -0.399 e. The van der Waals surface area contributed by atoms with E-state index in [1.54, 1.807) is 0 Å². The summed E-state index contributed by atoms with van der Waals surface area (Å²) >= 11 is 1.23. The van der Waals surface area contributed by atoms with Crippen LogP contribution in [0.4, 0.5) is 0 Å². The van der Waals surface area contributed by atoms with Crippen molar-refractivity contribution in [3.8, 4) is 0 Å². The van der Waals surface area contributed by atoms with E-state index < -0.39 is 7.12 Å². The molecule has 26 heavy (non-hydrogen) atoms. The highest BCUT2D eigenvalue weighted by Crippen LogP contribution is 2.37. The summed E-state index contributed by atoms with van der Waals surface area (Å²) in [6.45, 7) is 11.1. The Morgan fingerprint density at radius 2 is 1.88 bits per heavy atom. The molecule has 7 heteroatoms. The molecule has 0 radical (unpaired) electrons. The number of hydrogen-bond donors (Lipinski definition) is 1. The Kier molecular flexibility index (Phi) is 6.07. The lowest BCUT2D eigenvalue weighted by molar-refractivity contribution is -0.186. The monoisotopic (exact) mass is 379 g/mol. The average molecular weight is 379 g/mol. The first-order valence-corrected chi connectivity index (χ1v) is 10.2. The fraction of sp³-hybridized carbons (Fsp3) is 0.684. The van der Waals surface area contributed by atoms with Crippen LogP contribution in [-0.2, 0) is 18.8 Å². The molecule has 0 bridgehead atoms. The van der Waals surface area contributed by atoms with Crippen LogP contribution >= 0.6 is 11.9 Å². The quantitative estimate of drug-likeness (QED) is 0.624. The van der Waals surface area contributed by atoms with Gasteiger partial charge in [0.2, 0.25) is 0 Å². The SMILES string of the molecule is CC(OC1CCCCO1)c1cc(SN)ccc1B1OC(C)(C)C(C)(C)O1. The molecule has 1 aromatic rings. The molecule has 0 spiro atoms. The Balaban J connectivity index is 1.86. The second-order valence-electron chi connectivity index (χ2n) is 8.07. The van der Waals surface area contributed by atoms with Crippen molar-refractivity contribution in [2.24, 2.45) is 5.14 Å². The molecule has 2 N–H and O–H groups in total. The molecule has 3 rings (SSSR count). The van der Waals surface area contributed by atoms with E-state index in [2.05, 4.69) is 33.8 Å². The van der Waals surface area contributed by atoms with Gasteiger partial charge in [-0.1, -0.05) is 6.07 Å². The summed E-state index contributed by atoms with van der Waals surface area (Å²) in [6.07, 6.45) is 2.88. The molecule has 1 aromatic carbocycles. The maximum absolute atomic E-state index is 6.26. The zero-order chi connectivity index (χ0) is 18.9. The molecular weight excluding hydrogens is 349 g/mol. The van der Waals surface area contributed by atoms with Crippen molar-refractivity contribution in [3.05, 3.63) is 23.8 Å². The van der Waals surface area contributed by atoms with Gasteiger partial charge in [-0.3, -0.25) is 5.14 Å². The summed E-state index contributed by atoms with van der Waals surface area (Å²) in [4.78, 5) is 0.986. The van der Waals surface area contributed by atoms with Gasteiger partial charge < -0.3 is 18.8 Å². The van der Waals surface area contributed by atoms with E-state index in [4.69, 9.17) is 23.9 Å². The summed E-state index contributed by atoms with van der Waals surface area (Å²) < 4.78 is 24.5. The summed E-state index contributed by atoms with van der Waals surface area (Å²) in [5.41, 5.74) is 1.26. The molecule has 0 aliphatic carbocycles. The number of benzene rings is 1. The van der Waals surface area contributed by atoms with Crippen LogP contribution < -0.4 is 10.6 Å². The van der Waals surface area contributed by atoms with Gasteiger partial charge in [-0.2, -0.15) is 0 Å². The van der Waals surface area contributed by atoms with Crippen LogP contribution in [0.25, 0.3) is 0 Å². The topological polar surface area (TPSA) is 62.9 Å². The van der Waals surface area contributed by atoms with Crippen LogP contribution in [0.2, 0.25) is 0 Å². The van der Waals surface area contributed by atoms with E-state index in [-0.39, 0.29) is 23.6 Å². The lowest BCUT2D eigenvalue weighted by Crippen LogP contribution is -2.41.